The van der Waals surface area contributed by atoms with Crippen molar-refractivity contribution in [2.45, 2.75) is 26.7 Å². The highest BCUT2D eigenvalue weighted by molar-refractivity contribution is 6.32. The second kappa shape index (κ2) is 5.58. The molecule has 0 radical (unpaired) electrons. The first-order valence-electron chi connectivity index (χ1n) is 5.25. The van der Waals surface area contributed by atoms with Crippen molar-refractivity contribution in [1.29, 1.82) is 5.26 Å². The molecule has 84 valence electrons. The van der Waals surface area contributed by atoms with Gasteiger partial charge in [0, 0.05) is 5.56 Å². The summed E-state index contributed by atoms with van der Waals surface area (Å²) in [5, 5.41) is 9.60. The van der Waals surface area contributed by atoms with Crippen molar-refractivity contribution in [3.8, 4) is 6.07 Å². The van der Waals surface area contributed by atoms with E-state index in [1.165, 1.54) is 0 Å². The van der Waals surface area contributed by atoms with Gasteiger partial charge in [0.2, 0.25) is 0 Å². The Kier molecular flexibility index (Phi) is 4.39. The molecule has 0 heterocycles. The van der Waals surface area contributed by atoms with Crippen LogP contribution in [-0.4, -0.2) is 0 Å². The van der Waals surface area contributed by atoms with Gasteiger partial charge in [-0.15, -0.1) is 0 Å². The molecule has 0 aliphatic rings. The van der Waals surface area contributed by atoms with E-state index < -0.39 is 0 Å². The Bertz CT molecular complexity index is 455. The van der Waals surface area contributed by atoms with Crippen LogP contribution in [0.2, 0.25) is 5.02 Å². The van der Waals surface area contributed by atoms with Gasteiger partial charge >= 0.3 is 0 Å². The van der Waals surface area contributed by atoms with Crippen LogP contribution >= 0.6 is 11.6 Å². The molecule has 2 N–H and O–H groups in total. The van der Waals surface area contributed by atoms with Gasteiger partial charge in [-0.1, -0.05) is 37.1 Å². The highest BCUT2D eigenvalue weighted by Crippen LogP contribution is 2.25. The van der Waals surface area contributed by atoms with Crippen LogP contribution in [0.4, 0.5) is 0 Å². The van der Waals surface area contributed by atoms with Gasteiger partial charge in [0.25, 0.3) is 0 Å². The van der Waals surface area contributed by atoms with Gasteiger partial charge in [-0.05, 0) is 25.0 Å². The van der Waals surface area contributed by atoms with Gasteiger partial charge in [-0.25, -0.2) is 0 Å². The van der Waals surface area contributed by atoms with E-state index in [1.807, 2.05) is 32.0 Å². The molecule has 0 bridgehead atoms. The van der Waals surface area contributed by atoms with Gasteiger partial charge < -0.3 is 5.73 Å². The molecule has 0 saturated carbocycles. The molecule has 0 saturated heterocycles. The Morgan fingerprint density at radius 1 is 1.50 bits per heavy atom. The first-order valence-corrected chi connectivity index (χ1v) is 5.63. The van der Waals surface area contributed by atoms with E-state index in [4.69, 9.17) is 22.6 Å². The van der Waals surface area contributed by atoms with Gasteiger partial charge in [-0.3, -0.25) is 0 Å². The average molecular weight is 235 g/mol. The molecule has 1 aromatic rings. The number of benzene rings is 1. The smallest absolute Gasteiger partial charge is 0.0968 e. The molecule has 2 nitrogen and oxygen atoms in total. The fraction of sp³-hybridized carbons (Fsp3) is 0.308. The standard InChI is InChI=1S/C13H15ClN2/c1-3-4-10(8-15)13(16)11-6-5-9(2)7-12(11)14/h5-7H,3-4,16H2,1-2H3/b13-10-. The zero-order valence-corrected chi connectivity index (χ0v) is 10.3. The molecule has 0 spiro atoms. The third-order valence-corrected chi connectivity index (χ3v) is 2.69. The average Bonchev–Trinajstić information content (AvgIpc) is 2.25. The Morgan fingerprint density at radius 2 is 2.19 bits per heavy atom. The van der Waals surface area contributed by atoms with E-state index in [2.05, 4.69) is 6.07 Å². The number of nitrogens with zero attached hydrogens (tertiary/aromatic N) is 1. The topological polar surface area (TPSA) is 49.8 Å². The van der Waals surface area contributed by atoms with Crippen molar-refractivity contribution in [3.05, 3.63) is 39.9 Å². The van der Waals surface area contributed by atoms with Crippen molar-refractivity contribution in [2.24, 2.45) is 5.73 Å². The summed E-state index contributed by atoms with van der Waals surface area (Å²) in [4.78, 5) is 0. The fourth-order valence-corrected chi connectivity index (χ4v) is 1.84. The summed E-state index contributed by atoms with van der Waals surface area (Å²) in [6, 6.07) is 7.79. The van der Waals surface area contributed by atoms with Crippen molar-refractivity contribution < 1.29 is 0 Å². The highest BCUT2D eigenvalue weighted by Gasteiger charge is 2.08. The number of allylic oxidation sites excluding steroid dienone is 1. The van der Waals surface area contributed by atoms with Crippen LogP contribution in [-0.2, 0) is 0 Å². The number of aryl methyl sites for hydroxylation is 1. The summed E-state index contributed by atoms with van der Waals surface area (Å²) in [6.45, 7) is 3.98. The SMILES string of the molecule is CCC/C(C#N)=C(/N)c1ccc(C)cc1Cl. The number of halogens is 1. The largest absolute Gasteiger partial charge is 0.397 e. The maximum absolute atomic E-state index is 9.00. The van der Waals surface area contributed by atoms with E-state index in [0.29, 0.717) is 22.7 Å². The Morgan fingerprint density at radius 3 is 2.69 bits per heavy atom. The molecular weight excluding hydrogens is 220 g/mol. The quantitative estimate of drug-likeness (QED) is 0.812. The molecule has 1 rings (SSSR count). The Hall–Kier alpha value is -1.46. The number of nitriles is 1. The summed E-state index contributed by atoms with van der Waals surface area (Å²) >= 11 is 6.10. The predicted molar refractivity (Wildman–Crippen MR) is 67.8 cm³/mol. The number of rotatable bonds is 3. The lowest BCUT2D eigenvalue weighted by molar-refractivity contribution is 0.929. The van der Waals surface area contributed by atoms with E-state index >= 15 is 0 Å². The van der Waals surface area contributed by atoms with Gasteiger partial charge in [-0.2, -0.15) is 5.26 Å². The van der Waals surface area contributed by atoms with E-state index in [-0.39, 0.29) is 0 Å². The second-order valence-electron chi connectivity index (χ2n) is 3.74. The maximum Gasteiger partial charge on any atom is 0.0968 e. The zero-order chi connectivity index (χ0) is 12.1. The third kappa shape index (κ3) is 2.77. The monoisotopic (exact) mass is 234 g/mol. The second-order valence-corrected chi connectivity index (χ2v) is 4.14. The molecule has 1 aromatic carbocycles. The lowest BCUT2D eigenvalue weighted by Crippen LogP contribution is -2.02. The molecule has 0 atom stereocenters. The first kappa shape index (κ1) is 12.6. The van der Waals surface area contributed by atoms with Crippen molar-refractivity contribution in [3.63, 3.8) is 0 Å². The highest BCUT2D eigenvalue weighted by atomic mass is 35.5. The Labute approximate surface area is 101 Å². The summed E-state index contributed by atoms with van der Waals surface area (Å²) in [5.41, 5.74) is 8.89. The molecule has 0 aliphatic carbocycles. The minimum absolute atomic E-state index is 0.495. The molecule has 16 heavy (non-hydrogen) atoms. The molecule has 0 aromatic heterocycles. The third-order valence-electron chi connectivity index (χ3n) is 2.37. The minimum Gasteiger partial charge on any atom is -0.397 e. The number of hydrogen-bond acceptors (Lipinski definition) is 2. The van der Waals surface area contributed by atoms with Gasteiger partial charge in [0.1, 0.15) is 0 Å². The molecular formula is C13H15ClN2. The van der Waals surface area contributed by atoms with E-state index in [9.17, 15) is 0 Å². The predicted octanol–water partition coefficient (Wildman–Crippen LogP) is 3.64. The molecule has 0 fully saturated rings. The number of hydrogen-bond donors (Lipinski definition) is 1. The molecule has 0 aliphatic heterocycles. The normalized spacial score (nSPS) is 11.9. The van der Waals surface area contributed by atoms with Gasteiger partial charge in [0.05, 0.1) is 22.4 Å². The number of nitrogens with two attached hydrogens (primary N) is 1. The van der Waals surface area contributed by atoms with Crippen LogP contribution in [0.25, 0.3) is 5.70 Å². The summed E-state index contributed by atoms with van der Waals surface area (Å²) < 4.78 is 0. The summed E-state index contributed by atoms with van der Waals surface area (Å²) in [5.74, 6) is 0. The van der Waals surface area contributed by atoms with Crippen molar-refractivity contribution >= 4 is 17.3 Å². The maximum atomic E-state index is 9.00. The zero-order valence-electron chi connectivity index (χ0n) is 9.55. The first-order chi connectivity index (χ1) is 7.60. The van der Waals surface area contributed by atoms with Crippen molar-refractivity contribution in [1.82, 2.24) is 0 Å². The van der Waals surface area contributed by atoms with Crippen LogP contribution in [0.3, 0.4) is 0 Å². The van der Waals surface area contributed by atoms with Crippen LogP contribution < -0.4 is 5.73 Å². The summed E-state index contributed by atoms with van der Waals surface area (Å²) in [7, 11) is 0. The van der Waals surface area contributed by atoms with Crippen LogP contribution in [0, 0.1) is 18.3 Å². The Balaban J connectivity index is 3.22. The molecule has 3 heteroatoms. The lowest BCUT2D eigenvalue weighted by atomic mass is 10.0. The van der Waals surface area contributed by atoms with Gasteiger partial charge in [0.15, 0.2) is 0 Å². The molecule has 0 unspecified atom stereocenters. The van der Waals surface area contributed by atoms with E-state index in [0.717, 1.165) is 17.5 Å². The minimum atomic E-state index is 0.495. The van der Waals surface area contributed by atoms with E-state index in [1.54, 1.807) is 0 Å². The molecule has 0 amide bonds. The van der Waals surface area contributed by atoms with Crippen LogP contribution in [0.15, 0.2) is 23.8 Å². The van der Waals surface area contributed by atoms with Crippen LogP contribution in [0.5, 0.6) is 0 Å². The fourth-order valence-electron chi connectivity index (χ4n) is 1.50. The van der Waals surface area contributed by atoms with Crippen LogP contribution in [0.1, 0.15) is 30.9 Å². The summed E-state index contributed by atoms with van der Waals surface area (Å²) in [6.07, 6.45) is 1.58. The lowest BCUT2D eigenvalue weighted by Gasteiger charge is -2.08. The van der Waals surface area contributed by atoms with Crippen molar-refractivity contribution in [2.75, 3.05) is 0 Å².